The molecule has 0 fully saturated rings. The zero-order chi connectivity index (χ0) is 13.1. The van der Waals surface area contributed by atoms with Gasteiger partial charge in [-0.2, -0.15) is 0 Å². The van der Waals surface area contributed by atoms with Crippen LogP contribution >= 0.6 is 0 Å². The molecule has 0 bridgehead atoms. The van der Waals surface area contributed by atoms with Gasteiger partial charge in [0.15, 0.2) is 5.65 Å². The van der Waals surface area contributed by atoms with Crippen molar-refractivity contribution in [2.75, 3.05) is 12.4 Å². The number of nitrogens with one attached hydrogen (secondary N) is 1. The van der Waals surface area contributed by atoms with E-state index in [1.165, 1.54) is 4.63 Å². The van der Waals surface area contributed by atoms with Gasteiger partial charge in [-0.3, -0.25) is 0 Å². The lowest BCUT2D eigenvalue weighted by Gasteiger charge is -2.06. The van der Waals surface area contributed by atoms with Crippen LogP contribution < -0.4 is 10.1 Å². The molecule has 0 radical (unpaired) electrons. The van der Waals surface area contributed by atoms with Crippen molar-refractivity contribution >= 4 is 11.5 Å². The number of hydrogen-bond donors (Lipinski definition) is 1. The minimum absolute atomic E-state index is 0.618. The first-order valence-corrected chi connectivity index (χ1v) is 5.77. The Labute approximate surface area is 109 Å². The highest BCUT2D eigenvalue weighted by Gasteiger charge is 2.01. The molecule has 3 aromatic rings. The first kappa shape index (κ1) is 11.4. The van der Waals surface area contributed by atoms with Gasteiger partial charge in [0.2, 0.25) is 0 Å². The molecule has 3 rings (SSSR count). The average Bonchev–Trinajstić information content (AvgIpc) is 2.93. The van der Waals surface area contributed by atoms with Gasteiger partial charge in [-0.05, 0) is 40.3 Å². The number of nitrogens with zero attached hydrogens (tertiary/aromatic N) is 5. The van der Waals surface area contributed by atoms with Crippen LogP contribution in [0.2, 0.25) is 0 Å². The number of benzene rings is 1. The standard InChI is InChI=1S/C12H12N6O/c1-19-10-4-2-3-9(7-10)8-13-11-5-6-12-14-16-17-18(12)15-11/h2-7H,8H2,1H3,(H,13,15). The van der Waals surface area contributed by atoms with Crippen molar-refractivity contribution in [3.8, 4) is 5.75 Å². The van der Waals surface area contributed by atoms with Gasteiger partial charge in [0.05, 0.1) is 7.11 Å². The van der Waals surface area contributed by atoms with Gasteiger partial charge in [0.25, 0.3) is 0 Å². The predicted octanol–water partition coefficient (Wildman–Crippen LogP) is 1.14. The van der Waals surface area contributed by atoms with Crippen molar-refractivity contribution in [2.45, 2.75) is 6.54 Å². The fourth-order valence-electron chi connectivity index (χ4n) is 1.72. The smallest absolute Gasteiger partial charge is 0.200 e. The van der Waals surface area contributed by atoms with Crippen molar-refractivity contribution in [2.24, 2.45) is 0 Å². The molecule has 0 unspecified atom stereocenters. The number of rotatable bonds is 4. The quantitative estimate of drug-likeness (QED) is 0.754. The van der Waals surface area contributed by atoms with Crippen LogP contribution in [-0.4, -0.2) is 32.4 Å². The van der Waals surface area contributed by atoms with E-state index in [0.717, 1.165) is 11.3 Å². The highest BCUT2D eigenvalue weighted by Crippen LogP contribution is 2.13. The Kier molecular flexibility index (Phi) is 2.93. The van der Waals surface area contributed by atoms with Crippen molar-refractivity contribution in [1.29, 1.82) is 0 Å². The van der Waals surface area contributed by atoms with Crippen LogP contribution in [0.4, 0.5) is 5.82 Å². The molecule has 0 amide bonds. The summed E-state index contributed by atoms with van der Waals surface area (Å²) in [6, 6.07) is 11.5. The molecule has 1 aromatic carbocycles. The van der Waals surface area contributed by atoms with Crippen molar-refractivity contribution in [3.05, 3.63) is 42.0 Å². The molecule has 0 spiro atoms. The van der Waals surface area contributed by atoms with Gasteiger partial charge in [-0.25, -0.2) is 0 Å². The summed E-state index contributed by atoms with van der Waals surface area (Å²) in [5.41, 5.74) is 1.73. The van der Waals surface area contributed by atoms with Crippen LogP contribution in [0.15, 0.2) is 36.4 Å². The maximum Gasteiger partial charge on any atom is 0.200 e. The first-order chi connectivity index (χ1) is 9.35. The van der Waals surface area contributed by atoms with Crippen molar-refractivity contribution in [3.63, 3.8) is 0 Å². The third-order valence-electron chi connectivity index (χ3n) is 2.68. The summed E-state index contributed by atoms with van der Waals surface area (Å²) in [4.78, 5) is 0. The average molecular weight is 256 g/mol. The Hall–Kier alpha value is -2.70. The lowest BCUT2D eigenvalue weighted by molar-refractivity contribution is 0.414. The second-order valence-electron chi connectivity index (χ2n) is 3.95. The monoisotopic (exact) mass is 256 g/mol. The van der Waals surface area contributed by atoms with Gasteiger partial charge in [-0.1, -0.05) is 12.1 Å². The molecule has 1 N–H and O–H groups in total. The fourth-order valence-corrected chi connectivity index (χ4v) is 1.72. The maximum atomic E-state index is 5.18. The fraction of sp³-hybridized carbons (Fsp3) is 0.167. The lowest BCUT2D eigenvalue weighted by atomic mass is 10.2. The highest BCUT2D eigenvalue weighted by atomic mass is 16.5. The number of anilines is 1. The molecule has 0 aliphatic heterocycles. The summed E-state index contributed by atoms with van der Waals surface area (Å²) < 4.78 is 6.56. The number of hydrogen-bond acceptors (Lipinski definition) is 6. The van der Waals surface area contributed by atoms with E-state index in [1.807, 2.05) is 30.3 Å². The Morgan fingerprint density at radius 1 is 1.26 bits per heavy atom. The predicted molar refractivity (Wildman–Crippen MR) is 68.9 cm³/mol. The summed E-state index contributed by atoms with van der Waals surface area (Å²) in [7, 11) is 1.65. The second-order valence-corrected chi connectivity index (χ2v) is 3.95. The van der Waals surface area contributed by atoms with Crippen LogP contribution in [0.1, 0.15) is 5.56 Å². The Bertz CT molecular complexity index is 695. The summed E-state index contributed by atoms with van der Waals surface area (Å²) in [5.74, 6) is 1.55. The zero-order valence-corrected chi connectivity index (χ0v) is 10.3. The van der Waals surface area contributed by atoms with Gasteiger partial charge in [0, 0.05) is 6.54 Å². The van der Waals surface area contributed by atoms with E-state index in [1.54, 1.807) is 13.2 Å². The zero-order valence-electron chi connectivity index (χ0n) is 10.3. The summed E-state index contributed by atoms with van der Waals surface area (Å²) >= 11 is 0. The molecule has 96 valence electrons. The van der Waals surface area contributed by atoms with E-state index in [9.17, 15) is 0 Å². The van der Waals surface area contributed by atoms with Gasteiger partial charge in [0.1, 0.15) is 11.6 Å². The summed E-state index contributed by atoms with van der Waals surface area (Å²) in [5, 5.41) is 18.5. The number of tetrazole rings is 1. The van der Waals surface area contributed by atoms with Crippen LogP contribution in [0.3, 0.4) is 0 Å². The normalized spacial score (nSPS) is 10.6. The molecule has 0 aliphatic carbocycles. The SMILES string of the molecule is COc1cccc(CNc2ccc3nnnn3n2)c1. The summed E-state index contributed by atoms with van der Waals surface area (Å²) in [6.45, 7) is 0.651. The van der Waals surface area contributed by atoms with E-state index < -0.39 is 0 Å². The first-order valence-electron chi connectivity index (χ1n) is 5.77. The van der Waals surface area contributed by atoms with E-state index in [-0.39, 0.29) is 0 Å². The molecular formula is C12H12N6O. The number of aromatic nitrogens is 5. The third kappa shape index (κ3) is 2.44. The van der Waals surface area contributed by atoms with Crippen molar-refractivity contribution in [1.82, 2.24) is 25.3 Å². The molecule has 0 saturated heterocycles. The molecule has 7 heteroatoms. The van der Waals surface area contributed by atoms with E-state index in [2.05, 4.69) is 25.9 Å². The maximum absolute atomic E-state index is 5.18. The molecule has 7 nitrogen and oxygen atoms in total. The van der Waals surface area contributed by atoms with Crippen LogP contribution in [0.5, 0.6) is 5.75 Å². The number of ether oxygens (including phenoxy) is 1. The summed E-state index contributed by atoms with van der Waals surface area (Å²) in [6.07, 6.45) is 0. The topological polar surface area (TPSA) is 77.2 Å². The number of methoxy groups -OCH3 is 1. The largest absolute Gasteiger partial charge is 0.497 e. The Morgan fingerprint density at radius 2 is 2.21 bits per heavy atom. The number of fused-ring (bicyclic) bond motifs is 1. The van der Waals surface area contributed by atoms with Gasteiger partial charge < -0.3 is 10.1 Å². The Balaban J connectivity index is 1.74. The molecule has 0 aliphatic rings. The minimum atomic E-state index is 0.618. The van der Waals surface area contributed by atoms with Gasteiger partial charge >= 0.3 is 0 Å². The third-order valence-corrected chi connectivity index (χ3v) is 2.68. The minimum Gasteiger partial charge on any atom is -0.497 e. The Morgan fingerprint density at radius 3 is 3.11 bits per heavy atom. The van der Waals surface area contributed by atoms with E-state index >= 15 is 0 Å². The lowest BCUT2D eigenvalue weighted by Crippen LogP contribution is -2.04. The van der Waals surface area contributed by atoms with Gasteiger partial charge in [-0.15, -0.1) is 14.8 Å². The molecule has 2 heterocycles. The molecule has 0 atom stereocenters. The van der Waals surface area contributed by atoms with Crippen LogP contribution in [0.25, 0.3) is 5.65 Å². The van der Waals surface area contributed by atoms with E-state index in [0.29, 0.717) is 18.0 Å². The van der Waals surface area contributed by atoms with Crippen LogP contribution in [-0.2, 0) is 6.54 Å². The molecule has 2 aromatic heterocycles. The molecular weight excluding hydrogens is 244 g/mol. The highest BCUT2D eigenvalue weighted by molar-refractivity contribution is 5.42. The second kappa shape index (κ2) is 4.89. The molecule has 19 heavy (non-hydrogen) atoms. The van der Waals surface area contributed by atoms with Crippen molar-refractivity contribution < 1.29 is 4.74 Å². The van der Waals surface area contributed by atoms with E-state index in [4.69, 9.17) is 4.74 Å². The van der Waals surface area contributed by atoms with Crippen LogP contribution in [0, 0.1) is 0 Å². The molecule has 0 saturated carbocycles.